The minimum atomic E-state index is 0.0529. The lowest BCUT2D eigenvalue weighted by Gasteiger charge is -2.22. The van der Waals surface area contributed by atoms with Crippen molar-refractivity contribution in [1.82, 2.24) is 0 Å². The maximum atomic E-state index is 5.91. The second kappa shape index (κ2) is 6.74. The smallest absolute Gasteiger partial charge is 0.0511 e. The van der Waals surface area contributed by atoms with Gasteiger partial charge in [-0.2, -0.15) is 0 Å². The van der Waals surface area contributed by atoms with E-state index in [1.54, 1.807) is 0 Å². The number of benzene rings is 2. The van der Waals surface area contributed by atoms with Gasteiger partial charge in [0.1, 0.15) is 0 Å². The van der Waals surface area contributed by atoms with Crippen LogP contribution in [0.15, 0.2) is 51.4 Å². The molecule has 0 bridgehead atoms. The van der Waals surface area contributed by atoms with E-state index in [2.05, 4.69) is 86.3 Å². The maximum absolute atomic E-state index is 5.91. The molecule has 0 aromatic heterocycles. The molecular weight excluding hydrogens is 380 g/mol. The van der Waals surface area contributed by atoms with Gasteiger partial charge >= 0.3 is 0 Å². The van der Waals surface area contributed by atoms with E-state index >= 15 is 0 Å². The van der Waals surface area contributed by atoms with Crippen molar-refractivity contribution in [3.8, 4) is 0 Å². The third kappa shape index (κ3) is 3.84. The first-order valence-corrected chi connectivity index (χ1v) is 8.06. The highest BCUT2D eigenvalue weighted by molar-refractivity contribution is 9.10. The molecule has 2 nitrogen and oxygen atoms in total. The van der Waals surface area contributed by atoms with Gasteiger partial charge in [0, 0.05) is 28.6 Å². The Balaban J connectivity index is 2.16. The van der Waals surface area contributed by atoms with Gasteiger partial charge in [-0.05, 0) is 58.2 Å². The van der Waals surface area contributed by atoms with Crippen molar-refractivity contribution in [3.05, 3.63) is 62.5 Å². The molecule has 2 N–H and O–H groups in total. The lowest BCUT2D eigenvalue weighted by Crippen LogP contribution is -2.17. The highest BCUT2D eigenvalue weighted by Crippen LogP contribution is 2.29. The van der Waals surface area contributed by atoms with Gasteiger partial charge < -0.3 is 10.6 Å². The van der Waals surface area contributed by atoms with Crippen LogP contribution in [0.25, 0.3) is 0 Å². The molecule has 0 fully saturated rings. The summed E-state index contributed by atoms with van der Waals surface area (Å²) < 4.78 is 2.18. The fraction of sp³-hybridized carbons (Fsp3) is 0.250. The van der Waals surface area contributed by atoms with Gasteiger partial charge in [-0.1, -0.05) is 34.1 Å². The Bertz CT molecular complexity index is 580. The van der Waals surface area contributed by atoms with Crippen LogP contribution >= 0.6 is 31.9 Å². The SMILES string of the molecule is CC(N)c1ccc(N(C)Cc2ccc(Br)cc2)c(Br)c1. The van der Waals surface area contributed by atoms with Gasteiger partial charge in [-0.15, -0.1) is 0 Å². The van der Waals surface area contributed by atoms with Crippen LogP contribution in [0.1, 0.15) is 24.1 Å². The van der Waals surface area contributed by atoms with Crippen LogP contribution in [0.3, 0.4) is 0 Å². The molecule has 0 saturated carbocycles. The molecule has 1 unspecified atom stereocenters. The van der Waals surface area contributed by atoms with Gasteiger partial charge in [0.05, 0.1) is 5.69 Å². The van der Waals surface area contributed by atoms with Gasteiger partial charge in [0.2, 0.25) is 0 Å². The molecule has 2 aromatic rings. The highest BCUT2D eigenvalue weighted by atomic mass is 79.9. The molecule has 0 aliphatic rings. The van der Waals surface area contributed by atoms with E-state index < -0.39 is 0 Å². The van der Waals surface area contributed by atoms with Crippen molar-refractivity contribution in [2.75, 3.05) is 11.9 Å². The van der Waals surface area contributed by atoms with Crippen LogP contribution in [0.4, 0.5) is 5.69 Å². The van der Waals surface area contributed by atoms with Crippen LogP contribution in [-0.4, -0.2) is 7.05 Å². The minimum Gasteiger partial charge on any atom is -0.369 e. The fourth-order valence-corrected chi connectivity index (χ4v) is 3.03. The normalized spacial score (nSPS) is 12.2. The van der Waals surface area contributed by atoms with E-state index in [1.807, 2.05) is 6.92 Å². The Hall–Kier alpha value is -0.840. The summed E-state index contributed by atoms with van der Waals surface area (Å²) in [5.41, 5.74) is 9.49. The fourth-order valence-electron chi connectivity index (χ4n) is 2.06. The average Bonchev–Trinajstić information content (AvgIpc) is 2.41. The Labute approximate surface area is 137 Å². The van der Waals surface area contributed by atoms with E-state index in [0.29, 0.717) is 0 Å². The van der Waals surface area contributed by atoms with Crippen molar-refractivity contribution < 1.29 is 0 Å². The van der Waals surface area contributed by atoms with Crippen LogP contribution < -0.4 is 10.6 Å². The predicted octanol–water partition coefficient (Wildman–Crippen LogP) is 4.87. The summed E-state index contributed by atoms with van der Waals surface area (Å²) in [7, 11) is 2.09. The molecule has 2 rings (SSSR count). The largest absolute Gasteiger partial charge is 0.369 e. The Morgan fingerprint density at radius 1 is 1.10 bits per heavy atom. The number of hydrogen-bond donors (Lipinski definition) is 1. The molecular formula is C16H18Br2N2. The molecule has 106 valence electrons. The highest BCUT2D eigenvalue weighted by Gasteiger charge is 2.09. The third-order valence-electron chi connectivity index (χ3n) is 3.24. The summed E-state index contributed by atoms with van der Waals surface area (Å²) in [6.45, 7) is 2.86. The summed E-state index contributed by atoms with van der Waals surface area (Å²) >= 11 is 7.09. The summed E-state index contributed by atoms with van der Waals surface area (Å²) in [6.07, 6.45) is 0. The van der Waals surface area contributed by atoms with Gasteiger partial charge in [-0.25, -0.2) is 0 Å². The molecule has 1 atom stereocenters. The standard InChI is InChI=1S/C16H18Br2N2/c1-11(19)13-5-8-16(15(18)9-13)20(2)10-12-3-6-14(17)7-4-12/h3-9,11H,10,19H2,1-2H3. The molecule has 20 heavy (non-hydrogen) atoms. The molecule has 0 radical (unpaired) electrons. The summed E-state index contributed by atoms with van der Waals surface area (Å²) in [4.78, 5) is 2.22. The molecule has 0 saturated heterocycles. The van der Waals surface area contributed by atoms with Gasteiger partial charge in [0.15, 0.2) is 0 Å². The lowest BCUT2D eigenvalue weighted by molar-refractivity contribution is 0.816. The number of nitrogens with two attached hydrogens (primary N) is 1. The lowest BCUT2D eigenvalue weighted by atomic mass is 10.1. The zero-order chi connectivity index (χ0) is 14.7. The van der Waals surface area contributed by atoms with Crippen molar-refractivity contribution in [2.45, 2.75) is 19.5 Å². The van der Waals surface area contributed by atoms with Gasteiger partial charge in [0.25, 0.3) is 0 Å². The Morgan fingerprint density at radius 3 is 2.30 bits per heavy atom. The van der Waals surface area contributed by atoms with E-state index in [9.17, 15) is 0 Å². The van der Waals surface area contributed by atoms with Crippen LogP contribution in [0.5, 0.6) is 0 Å². The Morgan fingerprint density at radius 2 is 1.75 bits per heavy atom. The van der Waals surface area contributed by atoms with Crippen molar-refractivity contribution in [2.24, 2.45) is 5.73 Å². The summed E-state index contributed by atoms with van der Waals surface area (Å²) in [5.74, 6) is 0. The Kier molecular flexibility index (Phi) is 5.24. The molecule has 0 spiro atoms. The zero-order valence-electron chi connectivity index (χ0n) is 11.6. The summed E-state index contributed by atoms with van der Waals surface area (Å²) in [6, 6.07) is 14.7. The quantitative estimate of drug-likeness (QED) is 0.797. The van der Waals surface area contributed by atoms with E-state index in [0.717, 1.165) is 26.7 Å². The number of nitrogens with zero attached hydrogens (tertiary/aromatic N) is 1. The minimum absolute atomic E-state index is 0.0529. The van der Waals surface area contributed by atoms with Crippen molar-refractivity contribution in [3.63, 3.8) is 0 Å². The first-order chi connectivity index (χ1) is 9.47. The number of rotatable bonds is 4. The topological polar surface area (TPSA) is 29.3 Å². The number of hydrogen-bond acceptors (Lipinski definition) is 2. The van der Waals surface area contributed by atoms with E-state index in [4.69, 9.17) is 5.73 Å². The van der Waals surface area contributed by atoms with Gasteiger partial charge in [-0.3, -0.25) is 0 Å². The second-order valence-corrected chi connectivity index (χ2v) is 6.75. The number of halogens is 2. The molecule has 0 heterocycles. The first kappa shape index (κ1) is 15.5. The third-order valence-corrected chi connectivity index (χ3v) is 4.41. The predicted molar refractivity (Wildman–Crippen MR) is 93.0 cm³/mol. The summed E-state index contributed by atoms with van der Waals surface area (Å²) in [5, 5.41) is 0. The van der Waals surface area contributed by atoms with Crippen molar-refractivity contribution in [1.29, 1.82) is 0 Å². The van der Waals surface area contributed by atoms with Crippen molar-refractivity contribution >= 4 is 37.5 Å². The van der Waals surface area contributed by atoms with E-state index in [-0.39, 0.29) is 6.04 Å². The van der Waals surface area contributed by atoms with E-state index in [1.165, 1.54) is 5.56 Å². The van der Waals surface area contributed by atoms with Crippen LogP contribution in [0, 0.1) is 0 Å². The number of anilines is 1. The van der Waals surface area contributed by atoms with Crippen LogP contribution in [-0.2, 0) is 6.54 Å². The molecule has 4 heteroatoms. The molecule has 0 aliphatic carbocycles. The monoisotopic (exact) mass is 396 g/mol. The molecule has 0 amide bonds. The second-order valence-electron chi connectivity index (χ2n) is 4.98. The first-order valence-electron chi connectivity index (χ1n) is 6.48. The maximum Gasteiger partial charge on any atom is 0.0511 e. The molecule has 2 aromatic carbocycles. The van der Waals surface area contributed by atoms with Crippen LogP contribution in [0.2, 0.25) is 0 Å². The molecule has 0 aliphatic heterocycles. The zero-order valence-corrected chi connectivity index (χ0v) is 14.8. The average molecular weight is 398 g/mol.